The first-order chi connectivity index (χ1) is 8.63. The fraction of sp³-hybridized carbons (Fsp3) is 0.333. The maximum Gasteiger partial charge on any atom is 0.128 e. The third-order valence-corrected chi connectivity index (χ3v) is 3.12. The topological polar surface area (TPSA) is 25.2 Å². The van der Waals surface area contributed by atoms with Crippen LogP contribution >= 0.6 is 0 Å². The molecule has 1 heterocycles. The molecule has 3 heteroatoms. The minimum Gasteiger partial charge on any atom is -0.467 e. The second-order valence-electron chi connectivity index (χ2n) is 4.46. The van der Waals surface area contributed by atoms with E-state index in [1.54, 1.807) is 18.4 Å². The van der Waals surface area contributed by atoms with Crippen LogP contribution in [-0.4, -0.2) is 6.54 Å². The Morgan fingerprint density at radius 3 is 2.61 bits per heavy atom. The third kappa shape index (κ3) is 2.46. The average molecular weight is 247 g/mol. The van der Waals surface area contributed by atoms with E-state index < -0.39 is 0 Å². The van der Waals surface area contributed by atoms with Crippen LogP contribution in [0, 0.1) is 19.7 Å². The van der Waals surface area contributed by atoms with E-state index >= 15 is 0 Å². The van der Waals surface area contributed by atoms with Crippen LogP contribution in [-0.2, 0) is 0 Å². The van der Waals surface area contributed by atoms with E-state index in [1.165, 1.54) is 6.07 Å². The van der Waals surface area contributed by atoms with Gasteiger partial charge in [-0.1, -0.05) is 13.0 Å². The lowest BCUT2D eigenvalue weighted by Gasteiger charge is -2.19. The minimum absolute atomic E-state index is 0.0966. The summed E-state index contributed by atoms with van der Waals surface area (Å²) in [6.45, 7) is 6.80. The molecule has 0 aliphatic carbocycles. The van der Waals surface area contributed by atoms with Gasteiger partial charge in [0.2, 0.25) is 0 Å². The van der Waals surface area contributed by atoms with Crippen molar-refractivity contribution in [2.45, 2.75) is 26.8 Å². The molecule has 0 saturated heterocycles. The molecule has 0 aliphatic rings. The minimum atomic E-state index is -0.220. The molecule has 1 aromatic carbocycles. The molecule has 18 heavy (non-hydrogen) atoms. The lowest BCUT2D eigenvalue weighted by atomic mass is 9.97. The largest absolute Gasteiger partial charge is 0.467 e. The number of aryl methyl sites for hydroxylation is 2. The van der Waals surface area contributed by atoms with Crippen LogP contribution in [0.3, 0.4) is 0 Å². The fourth-order valence-corrected chi connectivity index (χ4v) is 2.15. The zero-order valence-corrected chi connectivity index (χ0v) is 11.0. The Labute approximate surface area is 107 Å². The maximum atomic E-state index is 13.4. The Bertz CT molecular complexity index is 533. The van der Waals surface area contributed by atoms with Gasteiger partial charge in [-0.25, -0.2) is 4.39 Å². The second kappa shape index (κ2) is 5.36. The summed E-state index contributed by atoms with van der Waals surface area (Å²) in [7, 11) is 0. The summed E-state index contributed by atoms with van der Waals surface area (Å²) in [5, 5.41) is 3.35. The van der Waals surface area contributed by atoms with Gasteiger partial charge in [0.05, 0.1) is 12.3 Å². The SMILES string of the molecule is CCNC(c1cc(F)ccc1C)c1occc1C. The molecule has 0 aliphatic heterocycles. The van der Waals surface area contributed by atoms with E-state index in [-0.39, 0.29) is 11.9 Å². The van der Waals surface area contributed by atoms with Crippen LogP contribution in [0.25, 0.3) is 0 Å². The molecule has 0 radical (unpaired) electrons. The summed E-state index contributed by atoms with van der Waals surface area (Å²) in [5.41, 5.74) is 3.05. The molecule has 2 rings (SSSR count). The van der Waals surface area contributed by atoms with Gasteiger partial charge in [-0.3, -0.25) is 0 Å². The van der Waals surface area contributed by atoms with Gasteiger partial charge in [0.15, 0.2) is 0 Å². The van der Waals surface area contributed by atoms with Crippen LogP contribution < -0.4 is 5.32 Å². The summed E-state index contributed by atoms with van der Waals surface area (Å²) < 4.78 is 19.0. The number of hydrogen-bond acceptors (Lipinski definition) is 2. The molecule has 1 N–H and O–H groups in total. The van der Waals surface area contributed by atoms with Crippen molar-refractivity contribution in [3.05, 3.63) is 58.8 Å². The highest BCUT2D eigenvalue weighted by molar-refractivity contribution is 5.36. The Morgan fingerprint density at radius 2 is 2.00 bits per heavy atom. The molecular formula is C15H18FNO. The van der Waals surface area contributed by atoms with Crippen molar-refractivity contribution >= 4 is 0 Å². The summed E-state index contributed by atoms with van der Waals surface area (Å²) >= 11 is 0. The molecule has 2 nitrogen and oxygen atoms in total. The monoisotopic (exact) mass is 247 g/mol. The molecule has 0 amide bonds. The summed E-state index contributed by atoms with van der Waals surface area (Å²) in [5.74, 6) is 0.633. The lowest BCUT2D eigenvalue weighted by molar-refractivity contribution is 0.447. The molecule has 0 bridgehead atoms. The molecule has 1 aromatic heterocycles. The summed E-state index contributed by atoms with van der Waals surface area (Å²) in [6, 6.07) is 6.68. The van der Waals surface area contributed by atoms with Crippen molar-refractivity contribution in [2.24, 2.45) is 0 Å². The number of hydrogen-bond donors (Lipinski definition) is 1. The number of nitrogens with one attached hydrogen (secondary N) is 1. The van der Waals surface area contributed by atoms with Crippen LogP contribution in [0.4, 0.5) is 4.39 Å². The highest BCUT2D eigenvalue weighted by atomic mass is 19.1. The van der Waals surface area contributed by atoms with Gasteiger partial charge >= 0.3 is 0 Å². The van der Waals surface area contributed by atoms with Crippen LogP contribution in [0.1, 0.15) is 35.4 Å². The Balaban J connectivity index is 2.48. The van der Waals surface area contributed by atoms with E-state index in [9.17, 15) is 4.39 Å². The summed E-state index contributed by atoms with van der Waals surface area (Å²) in [6.07, 6.45) is 1.67. The maximum absolute atomic E-state index is 13.4. The average Bonchev–Trinajstić information content (AvgIpc) is 2.76. The van der Waals surface area contributed by atoms with Crippen molar-refractivity contribution in [3.63, 3.8) is 0 Å². The van der Waals surface area contributed by atoms with Gasteiger partial charge in [-0.2, -0.15) is 0 Å². The number of furan rings is 1. The normalized spacial score (nSPS) is 12.7. The summed E-state index contributed by atoms with van der Waals surface area (Å²) in [4.78, 5) is 0. The predicted octanol–water partition coefficient (Wildman–Crippen LogP) is 3.73. The van der Waals surface area contributed by atoms with Gasteiger partial charge in [0.25, 0.3) is 0 Å². The first-order valence-corrected chi connectivity index (χ1v) is 6.17. The smallest absolute Gasteiger partial charge is 0.128 e. The fourth-order valence-electron chi connectivity index (χ4n) is 2.15. The van der Waals surface area contributed by atoms with E-state index in [0.29, 0.717) is 0 Å². The van der Waals surface area contributed by atoms with Crippen molar-refractivity contribution < 1.29 is 8.81 Å². The molecule has 96 valence electrons. The highest BCUT2D eigenvalue weighted by Gasteiger charge is 2.20. The molecule has 1 atom stereocenters. The molecule has 0 saturated carbocycles. The standard InChI is InChI=1S/C15H18FNO/c1-4-17-14(15-11(3)7-8-18-15)13-9-12(16)6-5-10(13)2/h5-9,14,17H,4H2,1-3H3. The number of rotatable bonds is 4. The van der Waals surface area contributed by atoms with E-state index in [2.05, 4.69) is 5.32 Å². The molecule has 0 fully saturated rings. The molecule has 0 spiro atoms. The first kappa shape index (κ1) is 12.8. The van der Waals surface area contributed by atoms with Gasteiger partial charge < -0.3 is 9.73 Å². The van der Waals surface area contributed by atoms with Gasteiger partial charge in [0, 0.05) is 0 Å². The molecule has 1 unspecified atom stereocenters. The van der Waals surface area contributed by atoms with Gasteiger partial charge in [-0.15, -0.1) is 0 Å². The second-order valence-corrected chi connectivity index (χ2v) is 4.46. The first-order valence-electron chi connectivity index (χ1n) is 6.17. The predicted molar refractivity (Wildman–Crippen MR) is 70.1 cm³/mol. The Morgan fingerprint density at radius 1 is 1.22 bits per heavy atom. The van der Waals surface area contributed by atoms with E-state index in [4.69, 9.17) is 4.42 Å². The van der Waals surface area contributed by atoms with Crippen LogP contribution in [0.5, 0.6) is 0 Å². The molecule has 2 aromatic rings. The zero-order chi connectivity index (χ0) is 13.1. The van der Waals surface area contributed by atoms with Gasteiger partial charge in [-0.05, 0) is 55.3 Å². The number of halogens is 1. The molecular weight excluding hydrogens is 229 g/mol. The zero-order valence-electron chi connectivity index (χ0n) is 11.0. The van der Waals surface area contributed by atoms with Gasteiger partial charge in [0.1, 0.15) is 11.6 Å². The Kier molecular flexibility index (Phi) is 3.82. The number of benzene rings is 1. The van der Waals surface area contributed by atoms with Crippen LogP contribution in [0.15, 0.2) is 34.9 Å². The third-order valence-electron chi connectivity index (χ3n) is 3.12. The lowest BCUT2D eigenvalue weighted by Crippen LogP contribution is -2.23. The van der Waals surface area contributed by atoms with Crippen molar-refractivity contribution in [3.8, 4) is 0 Å². The van der Waals surface area contributed by atoms with E-state index in [0.717, 1.165) is 29.0 Å². The van der Waals surface area contributed by atoms with Crippen LogP contribution in [0.2, 0.25) is 0 Å². The Hall–Kier alpha value is -1.61. The van der Waals surface area contributed by atoms with Crippen molar-refractivity contribution in [2.75, 3.05) is 6.54 Å². The quantitative estimate of drug-likeness (QED) is 0.890. The van der Waals surface area contributed by atoms with E-state index in [1.807, 2.05) is 26.8 Å². The highest BCUT2D eigenvalue weighted by Crippen LogP contribution is 2.28. The van der Waals surface area contributed by atoms with Crippen molar-refractivity contribution in [1.29, 1.82) is 0 Å². The van der Waals surface area contributed by atoms with Crippen molar-refractivity contribution in [1.82, 2.24) is 5.32 Å².